The molecule has 1 aliphatic rings. The lowest BCUT2D eigenvalue weighted by Gasteiger charge is -2.31. The quantitative estimate of drug-likeness (QED) is 0.531. The van der Waals surface area contributed by atoms with Crippen molar-refractivity contribution in [3.05, 3.63) is 0 Å². The Balaban J connectivity index is 2.60. The van der Waals surface area contributed by atoms with E-state index < -0.39 is 18.1 Å². The summed E-state index contributed by atoms with van der Waals surface area (Å²) >= 11 is 0. The topological polar surface area (TPSA) is 40.5 Å². The largest absolute Gasteiger partial charge is 0.390 e. The standard InChI is InChI=1S/C6H10F2O2/c7-6(8)3-1-2-4(9)5(6)10/h4-5,9-10H,1-3H2/t4-,5-/m1/s1. The van der Waals surface area contributed by atoms with Crippen molar-refractivity contribution in [3.63, 3.8) is 0 Å². The first-order valence-corrected chi connectivity index (χ1v) is 3.28. The zero-order chi connectivity index (χ0) is 7.78. The highest BCUT2D eigenvalue weighted by atomic mass is 19.3. The second kappa shape index (κ2) is 2.43. The Kier molecular flexibility index (Phi) is 1.92. The van der Waals surface area contributed by atoms with E-state index >= 15 is 0 Å². The number of rotatable bonds is 0. The van der Waals surface area contributed by atoms with E-state index in [1.807, 2.05) is 0 Å². The lowest BCUT2D eigenvalue weighted by atomic mass is 9.91. The van der Waals surface area contributed by atoms with Crippen molar-refractivity contribution in [1.29, 1.82) is 0 Å². The molecule has 2 atom stereocenters. The van der Waals surface area contributed by atoms with Crippen LogP contribution in [0.5, 0.6) is 0 Å². The normalized spacial score (nSPS) is 39.6. The van der Waals surface area contributed by atoms with Crippen molar-refractivity contribution in [1.82, 2.24) is 0 Å². The number of aliphatic hydroxyl groups is 2. The maximum Gasteiger partial charge on any atom is 0.276 e. The number of halogens is 2. The van der Waals surface area contributed by atoms with E-state index in [2.05, 4.69) is 0 Å². The molecule has 0 aromatic carbocycles. The van der Waals surface area contributed by atoms with Gasteiger partial charge in [0.05, 0.1) is 6.10 Å². The molecule has 0 heterocycles. The summed E-state index contributed by atoms with van der Waals surface area (Å²) in [6.07, 6.45) is -2.86. The van der Waals surface area contributed by atoms with Gasteiger partial charge in [-0.3, -0.25) is 0 Å². The van der Waals surface area contributed by atoms with E-state index in [4.69, 9.17) is 10.2 Å². The lowest BCUT2D eigenvalue weighted by Crippen LogP contribution is -2.46. The van der Waals surface area contributed by atoms with Crippen LogP contribution in [-0.4, -0.2) is 28.3 Å². The highest BCUT2D eigenvalue weighted by Gasteiger charge is 2.45. The van der Waals surface area contributed by atoms with Crippen LogP contribution in [0.25, 0.3) is 0 Å². The summed E-state index contributed by atoms with van der Waals surface area (Å²) in [5.74, 6) is -3.09. The summed E-state index contributed by atoms with van der Waals surface area (Å²) < 4.78 is 24.9. The van der Waals surface area contributed by atoms with Crippen LogP contribution in [-0.2, 0) is 0 Å². The van der Waals surface area contributed by atoms with E-state index in [9.17, 15) is 8.78 Å². The molecule has 1 saturated carbocycles. The average molecular weight is 152 g/mol. The first kappa shape index (κ1) is 7.88. The van der Waals surface area contributed by atoms with Crippen LogP contribution in [0, 0.1) is 0 Å². The van der Waals surface area contributed by atoms with Crippen molar-refractivity contribution in [2.24, 2.45) is 0 Å². The zero-order valence-corrected chi connectivity index (χ0v) is 5.43. The first-order chi connectivity index (χ1) is 4.54. The van der Waals surface area contributed by atoms with Gasteiger partial charge in [-0.2, -0.15) is 0 Å². The van der Waals surface area contributed by atoms with Crippen LogP contribution >= 0.6 is 0 Å². The van der Waals surface area contributed by atoms with Crippen LogP contribution in [0.3, 0.4) is 0 Å². The monoisotopic (exact) mass is 152 g/mol. The van der Waals surface area contributed by atoms with E-state index in [1.165, 1.54) is 0 Å². The van der Waals surface area contributed by atoms with Crippen molar-refractivity contribution in [2.45, 2.75) is 37.4 Å². The highest BCUT2D eigenvalue weighted by Crippen LogP contribution is 2.33. The molecule has 0 spiro atoms. The summed E-state index contributed by atoms with van der Waals surface area (Å²) in [7, 11) is 0. The molecular formula is C6H10F2O2. The third-order valence-corrected chi connectivity index (χ3v) is 1.81. The van der Waals surface area contributed by atoms with Crippen molar-refractivity contribution in [2.75, 3.05) is 0 Å². The molecule has 0 saturated heterocycles. The molecule has 1 aliphatic carbocycles. The van der Waals surface area contributed by atoms with Crippen LogP contribution < -0.4 is 0 Å². The molecular weight excluding hydrogens is 142 g/mol. The maximum atomic E-state index is 12.4. The fourth-order valence-electron chi connectivity index (χ4n) is 1.13. The Bertz CT molecular complexity index is 127. The molecule has 2 nitrogen and oxygen atoms in total. The Hall–Kier alpha value is -0.220. The maximum absolute atomic E-state index is 12.4. The minimum absolute atomic E-state index is 0.275. The highest BCUT2D eigenvalue weighted by molar-refractivity contribution is 4.87. The van der Waals surface area contributed by atoms with Crippen molar-refractivity contribution < 1.29 is 19.0 Å². The average Bonchev–Trinajstić information content (AvgIpc) is 1.83. The second-order valence-corrected chi connectivity index (χ2v) is 2.67. The molecule has 10 heavy (non-hydrogen) atoms. The third-order valence-electron chi connectivity index (χ3n) is 1.81. The predicted octanol–water partition coefficient (Wildman–Crippen LogP) is 0.527. The summed E-state index contributed by atoms with van der Waals surface area (Å²) in [5.41, 5.74) is 0. The van der Waals surface area contributed by atoms with Gasteiger partial charge >= 0.3 is 0 Å². The second-order valence-electron chi connectivity index (χ2n) is 2.67. The van der Waals surface area contributed by atoms with Crippen molar-refractivity contribution in [3.8, 4) is 0 Å². The smallest absolute Gasteiger partial charge is 0.276 e. The van der Waals surface area contributed by atoms with Gasteiger partial charge in [-0.25, -0.2) is 8.78 Å². The van der Waals surface area contributed by atoms with Crippen LogP contribution in [0.15, 0.2) is 0 Å². The van der Waals surface area contributed by atoms with E-state index in [0.29, 0.717) is 0 Å². The fourth-order valence-corrected chi connectivity index (χ4v) is 1.13. The van der Waals surface area contributed by atoms with Crippen LogP contribution in [0.1, 0.15) is 19.3 Å². The minimum atomic E-state index is -3.09. The van der Waals surface area contributed by atoms with Gasteiger partial charge in [0.1, 0.15) is 6.10 Å². The van der Waals surface area contributed by atoms with Crippen LogP contribution in [0.2, 0.25) is 0 Å². The van der Waals surface area contributed by atoms with Gasteiger partial charge in [0, 0.05) is 6.42 Å². The van der Waals surface area contributed by atoms with Gasteiger partial charge in [-0.15, -0.1) is 0 Å². The summed E-state index contributed by atoms with van der Waals surface area (Å²) in [4.78, 5) is 0. The minimum Gasteiger partial charge on any atom is -0.390 e. The Morgan fingerprint density at radius 1 is 1.30 bits per heavy atom. The molecule has 0 aliphatic heterocycles. The van der Waals surface area contributed by atoms with Gasteiger partial charge in [0.25, 0.3) is 5.92 Å². The van der Waals surface area contributed by atoms with Gasteiger partial charge in [-0.05, 0) is 12.8 Å². The summed E-state index contributed by atoms with van der Waals surface area (Å²) in [5, 5.41) is 17.5. The number of hydrogen-bond acceptors (Lipinski definition) is 2. The third kappa shape index (κ3) is 1.27. The Labute approximate surface area is 57.5 Å². The van der Waals surface area contributed by atoms with Gasteiger partial charge in [0.15, 0.2) is 0 Å². The number of aliphatic hydroxyl groups excluding tert-OH is 2. The molecule has 1 rings (SSSR count). The molecule has 1 fully saturated rings. The number of hydrogen-bond donors (Lipinski definition) is 2. The van der Waals surface area contributed by atoms with Gasteiger partial charge < -0.3 is 10.2 Å². The summed E-state index contributed by atoms with van der Waals surface area (Å²) in [6.45, 7) is 0. The lowest BCUT2D eigenvalue weighted by molar-refractivity contribution is -0.175. The predicted molar refractivity (Wildman–Crippen MR) is 30.8 cm³/mol. The Morgan fingerprint density at radius 3 is 2.30 bits per heavy atom. The Morgan fingerprint density at radius 2 is 1.90 bits per heavy atom. The van der Waals surface area contributed by atoms with E-state index in [1.54, 1.807) is 0 Å². The number of alkyl halides is 2. The van der Waals surface area contributed by atoms with E-state index in [-0.39, 0.29) is 19.3 Å². The molecule has 0 aromatic heterocycles. The van der Waals surface area contributed by atoms with Gasteiger partial charge in [-0.1, -0.05) is 0 Å². The SMILES string of the molecule is O[C@@H]1CCCC(F)(F)[C@@H]1O. The van der Waals surface area contributed by atoms with E-state index in [0.717, 1.165) is 0 Å². The van der Waals surface area contributed by atoms with Crippen molar-refractivity contribution >= 4 is 0 Å². The molecule has 4 heteroatoms. The molecule has 0 amide bonds. The molecule has 0 aromatic rings. The first-order valence-electron chi connectivity index (χ1n) is 3.28. The van der Waals surface area contributed by atoms with Crippen LogP contribution in [0.4, 0.5) is 8.78 Å². The van der Waals surface area contributed by atoms with Gasteiger partial charge in [0.2, 0.25) is 0 Å². The fraction of sp³-hybridized carbons (Fsp3) is 1.00. The molecule has 60 valence electrons. The summed E-state index contributed by atoms with van der Waals surface area (Å²) in [6, 6.07) is 0. The molecule has 0 unspecified atom stereocenters. The zero-order valence-electron chi connectivity index (χ0n) is 5.43. The molecule has 2 N–H and O–H groups in total. The molecule has 0 bridgehead atoms. The molecule has 0 radical (unpaired) electrons.